The van der Waals surface area contributed by atoms with Crippen molar-refractivity contribution in [3.8, 4) is 27.9 Å². The first-order valence-corrected chi connectivity index (χ1v) is 28.8. The van der Waals surface area contributed by atoms with Gasteiger partial charge in [0, 0.05) is 69.9 Å². The second kappa shape index (κ2) is 13.8. The first-order chi connectivity index (χ1) is 36.0. The van der Waals surface area contributed by atoms with Crippen LogP contribution in [0.2, 0.25) is 0 Å². The number of para-hydroxylation sites is 1. The van der Waals surface area contributed by atoms with Gasteiger partial charge in [-0.05, 0) is 217 Å². The van der Waals surface area contributed by atoms with Crippen LogP contribution in [0.15, 0.2) is 156 Å². The largest absolute Gasteiger partial charge is 0.455 e. The third kappa shape index (κ3) is 5.18. The average Bonchev–Trinajstić information content (AvgIpc) is 4.16. The molecule has 3 aromatic heterocycles. The minimum Gasteiger partial charge on any atom is -0.455 e. The van der Waals surface area contributed by atoms with Crippen molar-refractivity contribution in [1.29, 1.82) is 0 Å². The fourth-order valence-electron chi connectivity index (χ4n) is 19.3. The van der Waals surface area contributed by atoms with E-state index in [2.05, 4.69) is 161 Å². The van der Waals surface area contributed by atoms with E-state index in [9.17, 15) is 0 Å². The molecule has 0 unspecified atom stereocenters. The van der Waals surface area contributed by atoms with Gasteiger partial charge in [-0.25, -0.2) is 0 Å². The van der Waals surface area contributed by atoms with E-state index in [-0.39, 0.29) is 12.3 Å². The highest BCUT2D eigenvalue weighted by molar-refractivity contribution is 7.26. The fourth-order valence-corrected chi connectivity index (χ4v) is 20.4. The number of furan rings is 1. The van der Waals surface area contributed by atoms with Crippen LogP contribution in [0.1, 0.15) is 88.2 Å². The van der Waals surface area contributed by atoms with Crippen LogP contribution < -0.4 is 15.7 Å². The second-order valence-corrected chi connectivity index (χ2v) is 26.3. The van der Waals surface area contributed by atoms with Gasteiger partial charge in [0.25, 0.3) is 0 Å². The molecule has 0 atom stereocenters. The molecule has 5 heteroatoms. The van der Waals surface area contributed by atoms with E-state index in [0.29, 0.717) is 5.41 Å². The molecule has 8 saturated carbocycles. The van der Waals surface area contributed by atoms with Crippen LogP contribution in [0.4, 0.5) is 11.4 Å². The predicted molar refractivity (Wildman–Crippen MR) is 305 cm³/mol. The zero-order valence-corrected chi connectivity index (χ0v) is 42.0. The van der Waals surface area contributed by atoms with Crippen LogP contribution in [-0.2, 0) is 10.8 Å². The van der Waals surface area contributed by atoms with Gasteiger partial charge in [-0.3, -0.25) is 0 Å². The summed E-state index contributed by atoms with van der Waals surface area (Å²) in [5.41, 5.74) is 20.3. The van der Waals surface area contributed by atoms with E-state index in [0.717, 1.165) is 46.7 Å². The third-order valence-corrected chi connectivity index (χ3v) is 22.4. The van der Waals surface area contributed by atoms with Gasteiger partial charge < -0.3 is 13.8 Å². The van der Waals surface area contributed by atoms with Crippen molar-refractivity contribution >= 4 is 104 Å². The molecule has 0 radical (unpaired) electrons. The maximum absolute atomic E-state index is 7.35. The van der Waals surface area contributed by atoms with Crippen LogP contribution in [0.3, 0.4) is 0 Å². The molecule has 352 valence electrons. The molecule has 5 heterocycles. The molecule has 2 aliphatic heterocycles. The Morgan fingerprint density at radius 2 is 1.11 bits per heavy atom. The maximum Gasteiger partial charge on any atom is 0.333 e. The number of aromatic nitrogens is 1. The molecule has 3 nitrogen and oxygen atoms in total. The number of fused-ring (bicyclic) bond motifs is 15. The van der Waals surface area contributed by atoms with Crippen molar-refractivity contribution < 1.29 is 4.42 Å². The predicted octanol–water partition coefficient (Wildman–Crippen LogP) is 16.9. The van der Waals surface area contributed by atoms with E-state index >= 15 is 0 Å². The van der Waals surface area contributed by atoms with Crippen molar-refractivity contribution in [1.82, 2.24) is 4.57 Å². The van der Waals surface area contributed by atoms with Gasteiger partial charge in [0.05, 0.1) is 11.0 Å². The van der Waals surface area contributed by atoms with Crippen molar-refractivity contribution in [2.75, 3.05) is 4.81 Å². The fraction of sp³-hybridized carbons (Fsp3) is 0.294. The summed E-state index contributed by atoms with van der Waals surface area (Å²) in [5.74, 6) is 5.29. The second-order valence-electron chi connectivity index (χ2n) is 25.2. The summed E-state index contributed by atoms with van der Waals surface area (Å²) in [4.78, 5) is 2.79. The zero-order valence-electron chi connectivity index (χ0n) is 41.2. The molecule has 21 rings (SSSR count). The van der Waals surface area contributed by atoms with Crippen LogP contribution in [-0.4, -0.2) is 11.4 Å². The summed E-state index contributed by atoms with van der Waals surface area (Å²) in [7, 11) is 0. The Hall–Kier alpha value is -6.56. The molecule has 8 bridgehead atoms. The number of hydrogen-bond acceptors (Lipinski definition) is 3. The number of benzene rings is 8. The molecule has 0 saturated heterocycles. The molecule has 10 aliphatic rings. The zero-order chi connectivity index (χ0) is 47.1. The molecule has 8 fully saturated rings. The van der Waals surface area contributed by atoms with E-state index in [1.807, 2.05) is 11.3 Å². The van der Waals surface area contributed by atoms with Gasteiger partial charge >= 0.3 is 6.85 Å². The number of anilines is 2. The number of hydrogen-bond donors (Lipinski definition) is 0. The highest BCUT2D eigenvalue weighted by atomic mass is 32.1. The number of thiophene rings is 1. The molecule has 11 aromatic rings. The Labute approximate surface area is 429 Å². The van der Waals surface area contributed by atoms with E-state index in [1.165, 1.54) is 180 Å². The lowest BCUT2D eigenvalue weighted by Gasteiger charge is -2.57. The molecule has 0 N–H and O–H groups in total. The van der Waals surface area contributed by atoms with Gasteiger partial charge in [0.2, 0.25) is 0 Å². The topological polar surface area (TPSA) is 21.3 Å². The summed E-state index contributed by atoms with van der Waals surface area (Å²) in [5, 5.41) is 8.02. The van der Waals surface area contributed by atoms with Crippen LogP contribution in [0.5, 0.6) is 0 Å². The summed E-state index contributed by atoms with van der Waals surface area (Å²) >= 11 is 1.92. The van der Waals surface area contributed by atoms with Gasteiger partial charge in [-0.1, -0.05) is 91.0 Å². The Balaban J connectivity index is 0.966. The maximum atomic E-state index is 7.35. The Morgan fingerprint density at radius 3 is 1.84 bits per heavy atom. The standard InChI is InChI=1S/C68H55BN2OS/c1-2-8-44(9-3-1)45-14-17-48(18-15-45)71-56-20-21-60-61(50-11-5-7-13-59(50)73-60)62(56)63-64-57(31-53-49-10-4-6-12-58(49)72-66(53)63)70-55-19-16-46(67-32-38-22-39(33-67)24-40(23-38)34-67)28-51(55)52-29-47(30-54(65(52)70)69(64)71)68-35-41-25-42(36-68)27-43(26-41)37-68/h1-21,28-31,38-43H,22-27,32-37H2. The molecule has 0 spiro atoms. The van der Waals surface area contributed by atoms with Gasteiger partial charge in [-0.2, -0.15) is 0 Å². The number of nitrogens with zero attached hydrogens (tertiary/aromatic N) is 2. The van der Waals surface area contributed by atoms with Gasteiger partial charge in [-0.15, -0.1) is 11.3 Å². The summed E-state index contributed by atoms with van der Waals surface area (Å²) in [6.45, 7) is -0.0872. The first kappa shape index (κ1) is 39.9. The van der Waals surface area contributed by atoms with Crippen molar-refractivity contribution in [3.63, 3.8) is 0 Å². The minimum atomic E-state index is -0.0872. The van der Waals surface area contributed by atoms with Crippen molar-refractivity contribution in [3.05, 3.63) is 163 Å². The normalized spacial score (nSPS) is 27.9. The molecule has 73 heavy (non-hydrogen) atoms. The van der Waals surface area contributed by atoms with Crippen molar-refractivity contribution in [2.24, 2.45) is 35.5 Å². The number of rotatable bonds is 4. The third-order valence-electron chi connectivity index (χ3n) is 21.2. The molecule has 8 aromatic carbocycles. The Bertz CT molecular complexity index is 4180. The lowest BCUT2D eigenvalue weighted by atomic mass is 9.42. The summed E-state index contributed by atoms with van der Waals surface area (Å²) in [6.07, 6.45) is 17.0. The summed E-state index contributed by atoms with van der Waals surface area (Å²) in [6, 6.07) is 59.5. The minimum absolute atomic E-state index is 0.0872. The highest BCUT2D eigenvalue weighted by Gasteiger charge is 2.55. The lowest BCUT2D eigenvalue weighted by molar-refractivity contribution is -0.00526. The highest BCUT2D eigenvalue weighted by Crippen LogP contribution is 2.63. The molecule has 8 aliphatic carbocycles. The van der Waals surface area contributed by atoms with E-state index in [1.54, 1.807) is 11.1 Å². The molecular weight excluding hydrogens is 904 g/mol. The molecular formula is C68H55BN2OS. The van der Waals surface area contributed by atoms with Crippen LogP contribution >= 0.6 is 11.3 Å². The molecule has 0 amide bonds. The Kier molecular flexibility index (Phi) is 7.53. The quantitative estimate of drug-likeness (QED) is 0.164. The van der Waals surface area contributed by atoms with Gasteiger partial charge in [0.15, 0.2) is 0 Å². The van der Waals surface area contributed by atoms with E-state index in [4.69, 9.17) is 4.42 Å². The van der Waals surface area contributed by atoms with Crippen LogP contribution in [0.25, 0.3) is 91.9 Å². The van der Waals surface area contributed by atoms with Gasteiger partial charge in [0.1, 0.15) is 11.2 Å². The first-order valence-electron chi connectivity index (χ1n) is 28.0. The van der Waals surface area contributed by atoms with E-state index < -0.39 is 0 Å². The monoisotopic (exact) mass is 958 g/mol. The average molecular weight is 959 g/mol. The lowest BCUT2D eigenvalue weighted by Crippen LogP contribution is -2.61. The van der Waals surface area contributed by atoms with Crippen LogP contribution in [0, 0.1) is 35.5 Å². The van der Waals surface area contributed by atoms with Crippen molar-refractivity contribution in [2.45, 2.75) is 87.9 Å². The smallest absolute Gasteiger partial charge is 0.333 e. The SMILES string of the molecule is c1ccc(-c2ccc(N3B4c5c(cc6c(oc7ccccc76)c5-c5c3ccc3sc6ccccc6c53)-n3c5ccc(C67CC8CC(CC(C8)C6)C7)cc5c5cc(C67CC8CC(CC(C8)C6)C7)cc4c53)cc2)cc1. The Morgan fingerprint density at radius 1 is 0.479 bits per heavy atom. The summed E-state index contributed by atoms with van der Waals surface area (Å²) < 4.78 is 12.8.